The molecule has 9 heteroatoms. The second-order valence-corrected chi connectivity index (χ2v) is 3.86. The Hall–Kier alpha value is -2.06. The van der Waals surface area contributed by atoms with E-state index in [9.17, 15) is 26.3 Å². The van der Waals surface area contributed by atoms with E-state index in [-0.39, 0.29) is 5.56 Å². The number of alkyl halides is 6. The van der Waals surface area contributed by atoms with Crippen molar-refractivity contribution in [2.45, 2.75) is 18.5 Å². The summed E-state index contributed by atoms with van der Waals surface area (Å²) in [4.78, 5) is 5.75. The Morgan fingerprint density at radius 1 is 0.900 bits per heavy atom. The minimum absolute atomic E-state index is 0.110. The molecule has 0 bridgehead atoms. The highest BCUT2D eigenvalue weighted by atomic mass is 19.4. The van der Waals surface area contributed by atoms with Crippen LogP contribution in [-0.2, 0) is 0 Å². The van der Waals surface area contributed by atoms with Crippen LogP contribution in [0.15, 0.2) is 40.3 Å². The van der Waals surface area contributed by atoms with E-state index in [4.69, 9.17) is 0 Å². The summed E-state index contributed by atoms with van der Waals surface area (Å²) in [5.41, 5.74) is 0.110. The lowest BCUT2D eigenvalue weighted by Crippen LogP contribution is -2.47. The molecule has 1 aromatic rings. The molecule has 0 spiro atoms. The molecule has 0 saturated carbocycles. The third-order valence-corrected chi connectivity index (χ3v) is 2.35. The van der Waals surface area contributed by atoms with Crippen molar-refractivity contribution in [3.8, 4) is 0 Å². The van der Waals surface area contributed by atoms with Gasteiger partial charge < -0.3 is 5.32 Å². The van der Waals surface area contributed by atoms with Gasteiger partial charge in [0.15, 0.2) is 0 Å². The van der Waals surface area contributed by atoms with Gasteiger partial charge in [0.2, 0.25) is 12.0 Å². The lowest BCUT2D eigenvalue weighted by Gasteiger charge is -2.23. The highest BCUT2D eigenvalue weighted by molar-refractivity contribution is 6.12. The van der Waals surface area contributed by atoms with E-state index >= 15 is 0 Å². The summed E-state index contributed by atoms with van der Waals surface area (Å²) >= 11 is 0. The van der Waals surface area contributed by atoms with Crippen LogP contribution in [0, 0.1) is 0 Å². The predicted octanol–water partition coefficient (Wildman–Crippen LogP) is 2.89. The minimum Gasteiger partial charge on any atom is -0.321 e. The van der Waals surface area contributed by atoms with Crippen LogP contribution in [0.2, 0.25) is 0 Å². The molecule has 3 nitrogen and oxygen atoms in total. The van der Waals surface area contributed by atoms with Gasteiger partial charge in [-0.25, -0.2) is 9.98 Å². The molecule has 0 aliphatic carbocycles. The van der Waals surface area contributed by atoms with E-state index < -0.39 is 30.2 Å². The zero-order valence-electron chi connectivity index (χ0n) is 9.63. The number of benzene rings is 1. The number of nitrogens with zero attached hydrogens (tertiary/aromatic N) is 2. The van der Waals surface area contributed by atoms with Gasteiger partial charge in [-0.3, -0.25) is 0 Å². The molecule has 1 heterocycles. The summed E-state index contributed by atoms with van der Waals surface area (Å²) < 4.78 is 75.5. The summed E-state index contributed by atoms with van der Waals surface area (Å²) in [6.45, 7) is 0. The van der Waals surface area contributed by atoms with Gasteiger partial charge >= 0.3 is 12.4 Å². The van der Waals surface area contributed by atoms with Gasteiger partial charge in [0.05, 0.1) is 0 Å². The van der Waals surface area contributed by atoms with Crippen LogP contribution in [0.4, 0.5) is 26.3 Å². The van der Waals surface area contributed by atoms with E-state index in [1.54, 1.807) is 11.4 Å². The normalized spacial score (nSPS) is 20.0. The Labute approximate surface area is 109 Å². The number of nitrogens with one attached hydrogen (secondary N) is 1. The molecule has 2 rings (SSSR count). The Morgan fingerprint density at radius 3 is 2.00 bits per heavy atom. The zero-order valence-corrected chi connectivity index (χ0v) is 9.63. The van der Waals surface area contributed by atoms with Crippen LogP contribution in [0.25, 0.3) is 0 Å². The number of rotatable bonds is 1. The smallest absolute Gasteiger partial charge is 0.321 e. The van der Waals surface area contributed by atoms with Gasteiger partial charge in [-0.15, -0.1) is 0 Å². The average Bonchev–Trinajstić information content (AvgIpc) is 2.37. The molecule has 1 aromatic carbocycles. The molecule has 0 unspecified atom stereocenters. The van der Waals surface area contributed by atoms with Crippen molar-refractivity contribution < 1.29 is 26.3 Å². The van der Waals surface area contributed by atoms with E-state index in [2.05, 4.69) is 9.98 Å². The number of aliphatic imine (C=N–C) groups is 2. The molecule has 0 fully saturated rings. The Kier molecular flexibility index (Phi) is 3.45. The highest BCUT2D eigenvalue weighted by Gasteiger charge is 2.46. The van der Waals surface area contributed by atoms with Gasteiger partial charge in [0.1, 0.15) is 5.84 Å². The zero-order chi connectivity index (χ0) is 15.0. The lowest BCUT2D eigenvalue weighted by atomic mass is 10.2. The van der Waals surface area contributed by atoms with Gasteiger partial charge in [-0.1, -0.05) is 30.3 Å². The Morgan fingerprint density at radius 2 is 1.50 bits per heavy atom. The standard InChI is InChI=1S/C11H7F6N3/c12-10(13,14)8-18-7(6-4-2-1-3-5-6)19-9(20-8)11(15,16)17/h1-5,8H,(H,18,19,20)/t8-/m0/s1. The monoisotopic (exact) mass is 295 g/mol. The predicted molar refractivity (Wildman–Crippen MR) is 59.4 cm³/mol. The van der Waals surface area contributed by atoms with E-state index in [1.807, 2.05) is 0 Å². The SMILES string of the molecule is FC(F)(F)C1=N[C@@H](C(F)(F)F)N=C(c2ccccc2)N1. The van der Waals surface area contributed by atoms with Gasteiger partial charge in [0.25, 0.3) is 0 Å². The van der Waals surface area contributed by atoms with Crippen LogP contribution in [0.5, 0.6) is 0 Å². The number of amidine groups is 2. The topological polar surface area (TPSA) is 36.8 Å². The number of hydrogen-bond acceptors (Lipinski definition) is 3. The van der Waals surface area contributed by atoms with E-state index in [1.165, 1.54) is 24.3 Å². The van der Waals surface area contributed by atoms with Crippen LogP contribution in [0.3, 0.4) is 0 Å². The molecule has 1 aliphatic rings. The molecular formula is C11H7F6N3. The largest absolute Gasteiger partial charge is 0.449 e. The van der Waals surface area contributed by atoms with Crippen LogP contribution in [0.1, 0.15) is 5.56 Å². The summed E-state index contributed by atoms with van der Waals surface area (Å²) in [6.07, 6.45) is -12.8. The molecule has 0 amide bonds. The third-order valence-electron chi connectivity index (χ3n) is 2.35. The second kappa shape index (κ2) is 4.80. The third kappa shape index (κ3) is 3.09. The van der Waals surface area contributed by atoms with Crippen molar-refractivity contribution in [3.63, 3.8) is 0 Å². The quantitative estimate of drug-likeness (QED) is 0.795. The van der Waals surface area contributed by atoms with Gasteiger partial charge in [-0.2, -0.15) is 26.3 Å². The summed E-state index contributed by atoms with van der Waals surface area (Å²) in [5, 5.41) is 1.79. The van der Waals surface area contributed by atoms with E-state index in [0.717, 1.165) is 0 Å². The fraction of sp³-hybridized carbons (Fsp3) is 0.273. The molecule has 1 aliphatic heterocycles. The summed E-state index contributed by atoms with van der Waals surface area (Å²) in [7, 11) is 0. The fourth-order valence-corrected chi connectivity index (χ4v) is 1.48. The number of halogens is 6. The van der Waals surface area contributed by atoms with Crippen molar-refractivity contribution in [1.82, 2.24) is 5.32 Å². The maximum Gasteiger partial charge on any atom is 0.449 e. The van der Waals surface area contributed by atoms with Crippen LogP contribution in [-0.4, -0.2) is 30.2 Å². The molecule has 0 radical (unpaired) electrons. The molecule has 0 aromatic heterocycles. The first-order chi connectivity index (χ1) is 9.18. The Bertz CT molecular complexity index is 544. The first-order valence-electron chi connectivity index (χ1n) is 5.30. The molecular weight excluding hydrogens is 288 g/mol. The molecule has 20 heavy (non-hydrogen) atoms. The first-order valence-corrected chi connectivity index (χ1v) is 5.30. The summed E-state index contributed by atoms with van der Waals surface area (Å²) in [6, 6.07) is 7.21. The lowest BCUT2D eigenvalue weighted by molar-refractivity contribution is -0.146. The molecule has 1 atom stereocenters. The molecule has 1 N–H and O–H groups in total. The van der Waals surface area contributed by atoms with Crippen LogP contribution >= 0.6 is 0 Å². The highest BCUT2D eigenvalue weighted by Crippen LogP contribution is 2.28. The van der Waals surface area contributed by atoms with E-state index in [0.29, 0.717) is 0 Å². The maximum atomic E-state index is 12.6. The van der Waals surface area contributed by atoms with Crippen molar-refractivity contribution in [1.29, 1.82) is 0 Å². The van der Waals surface area contributed by atoms with Crippen molar-refractivity contribution >= 4 is 11.7 Å². The first kappa shape index (κ1) is 14.4. The van der Waals surface area contributed by atoms with Crippen molar-refractivity contribution in [2.24, 2.45) is 9.98 Å². The van der Waals surface area contributed by atoms with Crippen molar-refractivity contribution in [3.05, 3.63) is 35.9 Å². The average molecular weight is 295 g/mol. The fourth-order valence-electron chi connectivity index (χ4n) is 1.48. The van der Waals surface area contributed by atoms with Crippen LogP contribution < -0.4 is 5.32 Å². The summed E-state index contributed by atoms with van der Waals surface area (Å²) in [5.74, 6) is -2.23. The number of hydrogen-bond donors (Lipinski definition) is 1. The van der Waals surface area contributed by atoms with Gasteiger partial charge in [-0.05, 0) is 0 Å². The minimum atomic E-state index is -5.01. The maximum absolute atomic E-state index is 12.6. The molecule has 108 valence electrons. The van der Waals surface area contributed by atoms with Crippen molar-refractivity contribution in [2.75, 3.05) is 0 Å². The van der Waals surface area contributed by atoms with Gasteiger partial charge in [0, 0.05) is 5.56 Å². The Balaban J connectivity index is 2.42. The molecule has 0 saturated heterocycles. The second-order valence-electron chi connectivity index (χ2n) is 3.86.